The molecule has 1 aliphatic carbocycles. The molecule has 0 bridgehead atoms. The zero-order valence-electron chi connectivity index (χ0n) is 10.3. The van der Waals surface area contributed by atoms with Crippen LogP contribution in [-0.2, 0) is 0 Å². The Bertz CT molecular complexity index is 350. The fraction of sp³-hybridized carbons (Fsp3) is 0.571. The molecule has 0 aliphatic heterocycles. The van der Waals surface area contributed by atoms with E-state index in [1.165, 1.54) is 5.56 Å². The van der Waals surface area contributed by atoms with Crippen LogP contribution < -0.4 is 10.5 Å². The van der Waals surface area contributed by atoms with Crippen molar-refractivity contribution in [3.63, 3.8) is 0 Å². The van der Waals surface area contributed by atoms with Crippen molar-refractivity contribution in [1.29, 1.82) is 0 Å². The minimum absolute atomic E-state index is 0.111. The molecule has 0 radical (unpaired) electrons. The summed E-state index contributed by atoms with van der Waals surface area (Å²) in [7, 11) is 0. The SMILES string of the molecule is Cc1ccc(O[C@@H]2CCC[C@H](CN)[C@H]2O)cc1. The van der Waals surface area contributed by atoms with E-state index in [-0.39, 0.29) is 12.0 Å². The van der Waals surface area contributed by atoms with Gasteiger partial charge in [-0.15, -0.1) is 0 Å². The second kappa shape index (κ2) is 5.52. The van der Waals surface area contributed by atoms with Gasteiger partial charge in [-0.05, 0) is 44.9 Å². The monoisotopic (exact) mass is 235 g/mol. The molecule has 2 rings (SSSR count). The Morgan fingerprint density at radius 1 is 1.29 bits per heavy atom. The Morgan fingerprint density at radius 3 is 2.65 bits per heavy atom. The Kier molecular flexibility index (Phi) is 4.02. The predicted octanol–water partition coefficient (Wildman–Crippen LogP) is 1.86. The summed E-state index contributed by atoms with van der Waals surface area (Å²) in [5, 5.41) is 10.1. The van der Waals surface area contributed by atoms with Crippen LogP contribution in [0.5, 0.6) is 5.75 Å². The second-order valence-corrected chi connectivity index (χ2v) is 4.89. The highest BCUT2D eigenvalue weighted by molar-refractivity contribution is 5.26. The van der Waals surface area contributed by atoms with Gasteiger partial charge >= 0.3 is 0 Å². The topological polar surface area (TPSA) is 55.5 Å². The second-order valence-electron chi connectivity index (χ2n) is 4.89. The van der Waals surface area contributed by atoms with Gasteiger partial charge in [-0.1, -0.05) is 17.7 Å². The molecule has 0 heterocycles. The minimum Gasteiger partial charge on any atom is -0.488 e. The third-order valence-corrected chi connectivity index (χ3v) is 3.54. The Labute approximate surface area is 103 Å². The van der Waals surface area contributed by atoms with E-state index >= 15 is 0 Å². The number of benzene rings is 1. The number of rotatable bonds is 3. The number of hydrogen-bond donors (Lipinski definition) is 2. The van der Waals surface area contributed by atoms with Crippen molar-refractivity contribution >= 4 is 0 Å². The van der Waals surface area contributed by atoms with Crippen LogP contribution in [0.4, 0.5) is 0 Å². The third kappa shape index (κ3) is 2.99. The Hall–Kier alpha value is -1.06. The summed E-state index contributed by atoms with van der Waals surface area (Å²) < 4.78 is 5.85. The number of aliphatic hydroxyl groups is 1. The van der Waals surface area contributed by atoms with Crippen LogP contribution in [0.3, 0.4) is 0 Å². The Morgan fingerprint density at radius 2 is 2.00 bits per heavy atom. The molecule has 0 aromatic heterocycles. The van der Waals surface area contributed by atoms with Crippen molar-refractivity contribution in [2.75, 3.05) is 6.54 Å². The molecule has 3 nitrogen and oxygen atoms in total. The zero-order valence-corrected chi connectivity index (χ0v) is 10.3. The van der Waals surface area contributed by atoms with Crippen molar-refractivity contribution in [3.8, 4) is 5.75 Å². The lowest BCUT2D eigenvalue weighted by atomic mass is 9.84. The van der Waals surface area contributed by atoms with E-state index in [0.717, 1.165) is 25.0 Å². The first-order valence-corrected chi connectivity index (χ1v) is 6.32. The van der Waals surface area contributed by atoms with E-state index in [0.29, 0.717) is 6.54 Å². The van der Waals surface area contributed by atoms with Crippen molar-refractivity contribution in [2.24, 2.45) is 11.7 Å². The summed E-state index contributed by atoms with van der Waals surface area (Å²) >= 11 is 0. The van der Waals surface area contributed by atoms with Gasteiger partial charge in [0.25, 0.3) is 0 Å². The van der Waals surface area contributed by atoms with Crippen LogP contribution in [0.25, 0.3) is 0 Å². The average molecular weight is 235 g/mol. The molecule has 1 aromatic carbocycles. The molecule has 0 unspecified atom stereocenters. The van der Waals surface area contributed by atoms with Crippen molar-refractivity contribution in [1.82, 2.24) is 0 Å². The van der Waals surface area contributed by atoms with Crippen molar-refractivity contribution in [2.45, 2.75) is 38.4 Å². The summed E-state index contributed by atoms with van der Waals surface area (Å²) in [6.45, 7) is 2.58. The molecular weight excluding hydrogens is 214 g/mol. The highest BCUT2D eigenvalue weighted by Crippen LogP contribution is 2.27. The van der Waals surface area contributed by atoms with Gasteiger partial charge in [0.15, 0.2) is 0 Å². The smallest absolute Gasteiger partial charge is 0.125 e. The third-order valence-electron chi connectivity index (χ3n) is 3.54. The molecule has 1 saturated carbocycles. The molecule has 1 aromatic rings. The fourth-order valence-electron chi connectivity index (χ4n) is 2.40. The number of nitrogens with two attached hydrogens (primary N) is 1. The van der Waals surface area contributed by atoms with E-state index in [1.54, 1.807) is 0 Å². The van der Waals surface area contributed by atoms with Gasteiger partial charge in [-0.25, -0.2) is 0 Å². The lowest BCUT2D eigenvalue weighted by molar-refractivity contribution is -0.0282. The first-order chi connectivity index (χ1) is 8.20. The molecule has 17 heavy (non-hydrogen) atoms. The van der Waals surface area contributed by atoms with Gasteiger partial charge < -0.3 is 15.6 Å². The first kappa shape index (κ1) is 12.4. The lowest BCUT2D eigenvalue weighted by Gasteiger charge is -2.34. The highest BCUT2D eigenvalue weighted by atomic mass is 16.5. The molecule has 94 valence electrons. The molecule has 3 heteroatoms. The van der Waals surface area contributed by atoms with Gasteiger partial charge in [-0.2, -0.15) is 0 Å². The molecule has 0 spiro atoms. The van der Waals surface area contributed by atoms with Crippen LogP contribution >= 0.6 is 0 Å². The van der Waals surface area contributed by atoms with E-state index in [9.17, 15) is 5.11 Å². The summed E-state index contributed by atoms with van der Waals surface area (Å²) in [5.74, 6) is 1.01. The minimum atomic E-state index is -0.435. The molecule has 0 saturated heterocycles. The number of hydrogen-bond acceptors (Lipinski definition) is 3. The number of ether oxygens (including phenoxy) is 1. The van der Waals surface area contributed by atoms with Crippen LogP contribution in [0.2, 0.25) is 0 Å². The highest BCUT2D eigenvalue weighted by Gasteiger charge is 2.32. The summed E-state index contributed by atoms with van der Waals surface area (Å²) in [4.78, 5) is 0. The molecule has 3 atom stereocenters. The standard InChI is InChI=1S/C14H21NO2/c1-10-5-7-12(8-6-10)17-13-4-2-3-11(9-15)14(13)16/h5-8,11,13-14,16H,2-4,9,15H2,1H3/t11-,13-,14-/m1/s1. The quantitative estimate of drug-likeness (QED) is 0.840. The van der Waals surface area contributed by atoms with Gasteiger partial charge in [-0.3, -0.25) is 0 Å². The molecule has 1 fully saturated rings. The van der Waals surface area contributed by atoms with Crippen molar-refractivity contribution in [3.05, 3.63) is 29.8 Å². The lowest BCUT2D eigenvalue weighted by Crippen LogP contribution is -2.43. The van der Waals surface area contributed by atoms with Crippen LogP contribution in [0.1, 0.15) is 24.8 Å². The normalized spacial score (nSPS) is 29.0. The van der Waals surface area contributed by atoms with E-state index in [1.807, 2.05) is 31.2 Å². The van der Waals surface area contributed by atoms with Gasteiger partial charge in [0.05, 0.1) is 6.10 Å². The number of aliphatic hydroxyl groups excluding tert-OH is 1. The van der Waals surface area contributed by atoms with Gasteiger partial charge in [0, 0.05) is 5.92 Å². The van der Waals surface area contributed by atoms with Crippen LogP contribution in [0.15, 0.2) is 24.3 Å². The maximum atomic E-state index is 10.1. The average Bonchev–Trinajstić information content (AvgIpc) is 2.35. The summed E-state index contributed by atoms with van der Waals surface area (Å²) in [6, 6.07) is 7.94. The predicted molar refractivity (Wildman–Crippen MR) is 68.0 cm³/mol. The van der Waals surface area contributed by atoms with E-state index in [4.69, 9.17) is 10.5 Å². The summed E-state index contributed by atoms with van der Waals surface area (Å²) in [6.07, 6.45) is 2.45. The molecule has 1 aliphatic rings. The zero-order chi connectivity index (χ0) is 12.3. The van der Waals surface area contributed by atoms with Gasteiger partial charge in [0.2, 0.25) is 0 Å². The Balaban J connectivity index is 2.00. The first-order valence-electron chi connectivity index (χ1n) is 6.32. The fourth-order valence-corrected chi connectivity index (χ4v) is 2.40. The van der Waals surface area contributed by atoms with E-state index < -0.39 is 6.10 Å². The van der Waals surface area contributed by atoms with E-state index in [2.05, 4.69) is 0 Å². The maximum absolute atomic E-state index is 10.1. The van der Waals surface area contributed by atoms with Crippen LogP contribution in [0, 0.1) is 12.8 Å². The molecule has 3 N–H and O–H groups in total. The molecule has 0 amide bonds. The maximum Gasteiger partial charge on any atom is 0.125 e. The van der Waals surface area contributed by atoms with Crippen molar-refractivity contribution < 1.29 is 9.84 Å². The molecular formula is C14H21NO2. The van der Waals surface area contributed by atoms with Gasteiger partial charge in [0.1, 0.15) is 11.9 Å². The summed E-state index contributed by atoms with van der Waals surface area (Å²) in [5.41, 5.74) is 6.86. The van der Waals surface area contributed by atoms with Crippen LogP contribution in [-0.4, -0.2) is 23.9 Å². The number of aryl methyl sites for hydroxylation is 1. The largest absolute Gasteiger partial charge is 0.488 e.